The molecule has 2 N–H and O–H groups in total. The van der Waals surface area contributed by atoms with Gasteiger partial charge >= 0.3 is 5.97 Å². The number of carboxylic acid groups (broad SMARTS) is 1. The van der Waals surface area contributed by atoms with Crippen molar-refractivity contribution < 1.29 is 14.8 Å². The molecule has 2 rings (SSSR count). The number of nitro groups is 1. The van der Waals surface area contributed by atoms with E-state index in [9.17, 15) is 14.9 Å². The lowest BCUT2D eigenvalue weighted by Crippen LogP contribution is -2.02. The number of rotatable bonds is 5. The fourth-order valence-electron chi connectivity index (χ4n) is 1.56. The maximum atomic E-state index is 10.9. The van der Waals surface area contributed by atoms with Gasteiger partial charge in [-0.2, -0.15) is 0 Å². The number of nitrogens with one attached hydrogen (secondary N) is 1. The molecule has 0 spiro atoms. The van der Waals surface area contributed by atoms with Crippen molar-refractivity contribution in [1.82, 2.24) is 0 Å². The van der Waals surface area contributed by atoms with Crippen molar-refractivity contribution in [2.24, 2.45) is 0 Å². The number of nitro benzene ring substituents is 1. The van der Waals surface area contributed by atoms with Crippen LogP contribution in [0.3, 0.4) is 0 Å². The Labute approximate surface area is 103 Å². The zero-order valence-corrected chi connectivity index (χ0v) is 9.50. The fourth-order valence-corrected chi connectivity index (χ4v) is 1.56. The number of carbonyl (C=O) groups is 1. The lowest BCUT2D eigenvalue weighted by atomic mass is 10.1. The smallest absolute Gasteiger partial charge is 0.328 e. The van der Waals surface area contributed by atoms with E-state index in [-0.39, 0.29) is 11.3 Å². The molecule has 1 aliphatic rings. The van der Waals surface area contributed by atoms with Gasteiger partial charge in [0, 0.05) is 23.9 Å². The number of benzene rings is 1. The van der Waals surface area contributed by atoms with E-state index < -0.39 is 10.9 Å². The molecule has 0 heterocycles. The molecular formula is C12H12N2O4. The van der Waals surface area contributed by atoms with Crippen LogP contribution in [-0.4, -0.2) is 22.0 Å². The van der Waals surface area contributed by atoms with E-state index in [1.165, 1.54) is 12.1 Å². The van der Waals surface area contributed by atoms with Gasteiger partial charge in [0.1, 0.15) is 0 Å². The van der Waals surface area contributed by atoms with Crippen LogP contribution in [0.25, 0.3) is 6.08 Å². The summed E-state index contributed by atoms with van der Waals surface area (Å²) in [5.74, 6) is -1.13. The van der Waals surface area contributed by atoms with E-state index in [0.29, 0.717) is 11.7 Å². The Morgan fingerprint density at radius 2 is 2.22 bits per heavy atom. The Morgan fingerprint density at radius 3 is 2.78 bits per heavy atom. The molecule has 94 valence electrons. The third kappa shape index (κ3) is 3.07. The van der Waals surface area contributed by atoms with Gasteiger partial charge in [-0.15, -0.1) is 0 Å². The molecule has 0 atom stereocenters. The molecule has 0 aliphatic heterocycles. The van der Waals surface area contributed by atoms with E-state index in [2.05, 4.69) is 5.32 Å². The molecule has 1 aromatic carbocycles. The fraction of sp³-hybridized carbons (Fsp3) is 0.250. The molecule has 1 aliphatic carbocycles. The maximum Gasteiger partial charge on any atom is 0.328 e. The van der Waals surface area contributed by atoms with Crippen molar-refractivity contribution in [2.45, 2.75) is 18.9 Å². The van der Waals surface area contributed by atoms with Crippen LogP contribution >= 0.6 is 0 Å². The van der Waals surface area contributed by atoms with Crippen LogP contribution in [-0.2, 0) is 4.79 Å². The number of carboxylic acids is 1. The first-order valence-corrected chi connectivity index (χ1v) is 5.52. The van der Waals surface area contributed by atoms with Gasteiger partial charge in [-0.1, -0.05) is 0 Å². The molecule has 6 nitrogen and oxygen atoms in total. The number of aliphatic carboxylic acids is 1. The minimum Gasteiger partial charge on any atom is -0.478 e. The van der Waals surface area contributed by atoms with E-state index in [4.69, 9.17) is 5.11 Å². The zero-order valence-electron chi connectivity index (χ0n) is 9.50. The summed E-state index contributed by atoms with van der Waals surface area (Å²) in [6.45, 7) is 0. The number of anilines is 1. The number of hydrogen-bond donors (Lipinski definition) is 2. The van der Waals surface area contributed by atoms with Gasteiger partial charge in [0.15, 0.2) is 0 Å². The SMILES string of the molecule is O=C(O)/C=C/c1ccc(NC2CC2)cc1[N+](=O)[O-]. The second-order valence-electron chi connectivity index (χ2n) is 4.12. The highest BCUT2D eigenvalue weighted by molar-refractivity contribution is 5.86. The van der Waals surface area contributed by atoms with Crippen LogP contribution in [0.2, 0.25) is 0 Å². The van der Waals surface area contributed by atoms with Gasteiger partial charge in [-0.25, -0.2) is 4.79 Å². The van der Waals surface area contributed by atoms with Crippen LogP contribution in [0.5, 0.6) is 0 Å². The molecular weight excluding hydrogens is 236 g/mol. The Bertz CT molecular complexity index is 521. The van der Waals surface area contributed by atoms with Gasteiger partial charge in [0.2, 0.25) is 0 Å². The second-order valence-corrected chi connectivity index (χ2v) is 4.12. The second kappa shape index (κ2) is 4.87. The molecule has 0 amide bonds. The summed E-state index contributed by atoms with van der Waals surface area (Å²) in [6, 6.07) is 5.10. The highest BCUT2D eigenvalue weighted by atomic mass is 16.6. The van der Waals surface area contributed by atoms with Crippen molar-refractivity contribution in [1.29, 1.82) is 0 Å². The van der Waals surface area contributed by atoms with Crippen molar-refractivity contribution >= 4 is 23.4 Å². The van der Waals surface area contributed by atoms with E-state index in [1.54, 1.807) is 12.1 Å². The predicted octanol–water partition coefficient (Wildman–Crippen LogP) is 2.27. The molecule has 1 aromatic rings. The minimum absolute atomic E-state index is 0.0989. The standard InChI is InChI=1S/C12H12N2O4/c15-12(16)6-2-8-1-3-10(13-9-4-5-9)7-11(8)14(17)18/h1-3,6-7,9,13H,4-5H2,(H,15,16)/b6-2+. The Kier molecular flexibility index (Phi) is 3.27. The largest absolute Gasteiger partial charge is 0.478 e. The van der Waals surface area contributed by atoms with Crippen LogP contribution in [0.1, 0.15) is 18.4 Å². The highest BCUT2D eigenvalue weighted by Gasteiger charge is 2.22. The molecule has 6 heteroatoms. The first-order valence-electron chi connectivity index (χ1n) is 5.52. The van der Waals surface area contributed by atoms with E-state index in [1.807, 2.05) is 0 Å². The zero-order chi connectivity index (χ0) is 13.1. The van der Waals surface area contributed by atoms with Crippen molar-refractivity contribution in [3.05, 3.63) is 40.0 Å². The monoisotopic (exact) mass is 248 g/mol. The third-order valence-corrected chi connectivity index (χ3v) is 2.58. The van der Waals surface area contributed by atoms with Gasteiger partial charge in [-0.3, -0.25) is 10.1 Å². The van der Waals surface area contributed by atoms with Crippen molar-refractivity contribution in [3.63, 3.8) is 0 Å². The van der Waals surface area contributed by atoms with E-state index in [0.717, 1.165) is 18.9 Å². The summed E-state index contributed by atoms with van der Waals surface area (Å²) in [5.41, 5.74) is 0.874. The molecule has 0 bridgehead atoms. The molecule has 18 heavy (non-hydrogen) atoms. The normalized spacial score (nSPS) is 14.7. The van der Waals surface area contributed by atoms with Gasteiger partial charge in [-0.05, 0) is 31.1 Å². The van der Waals surface area contributed by atoms with Gasteiger partial charge in [0.05, 0.1) is 10.5 Å². The molecule has 0 unspecified atom stereocenters. The first-order chi connectivity index (χ1) is 8.56. The van der Waals surface area contributed by atoms with Crippen LogP contribution in [0.4, 0.5) is 11.4 Å². The minimum atomic E-state index is -1.13. The molecule has 0 saturated heterocycles. The van der Waals surface area contributed by atoms with Crippen LogP contribution in [0.15, 0.2) is 24.3 Å². The quantitative estimate of drug-likeness (QED) is 0.473. The Balaban J connectivity index is 2.27. The maximum absolute atomic E-state index is 10.9. The summed E-state index contributed by atoms with van der Waals surface area (Å²) in [6.07, 6.45) is 4.26. The summed E-state index contributed by atoms with van der Waals surface area (Å²) in [7, 11) is 0. The Morgan fingerprint density at radius 1 is 1.50 bits per heavy atom. The number of hydrogen-bond acceptors (Lipinski definition) is 4. The summed E-state index contributed by atoms with van der Waals surface area (Å²) >= 11 is 0. The van der Waals surface area contributed by atoms with Crippen LogP contribution in [0, 0.1) is 10.1 Å². The molecule has 1 fully saturated rings. The lowest BCUT2D eigenvalue weighted by Gasteiger charge is -2.05. The molecule has 1 saturated carbocycles. The average Bonchev–Trinajstić information content (AvgIpc) is 3.11. The van der Waals surface area contributed by atoms with E-state index >= 15 is 0 Å². The molecule has 0 radical (unpaired) electrons. The summed E-state index contributed by atoms with van der Waals surface area (Å²) in [5, 5.41) is 22.6. The van der Waals surface area contributed by atoms with Crippen LogP contribution < -0.4 is 5.32 Å². The summed E-state index contributed by atoms with van der Waals surface area (Å²) in [4.78, 5) is 20.8. The summed E-state index contributed by atoms with van der Waals surface area (Å²) < 4.78 is 0. The topological polar surface area (TPSA) is 92.5 Å². The van der Waals surface area contributed by atoms with Crippen molar-refractivity contribution in [2.75, 3.05) is 5.32 Å². The first kappa shape index (κ1) is 12.1. The highest BCUT2D eigenvalue weighted by Crippen LogP contribution is 2.29. The van der Waals surface area contributed by atoms with Gasteiger partial charge in [0.25, 0.3) is 5.69 Å². The lowest BCUT2D eigenvalue weighted by molar-refractivity contribution is -0.385. The van der Waals surface area contributed by atoms with Gasteiger partial charge < -0.3 is 10.4 Å². The third-order valence-electron chi connectivity index (χ3n) is 2.58. The van der Waals surface area contributed by atoms with Crippen molar-refractivity contribution in [3.8, 4) is 0 Å². The average molecular weight is 248 g/mol. The Hall–Kier alpha value is -2.37. The molecule has 0 aromatic heterocycles. The number of nitrogens with zero attached hydrogens (tertiary/aromatic N) is 1. The predicted molar refractivity (Wildman–Crippen MR) is 66.4 cm³/mol.